The van der Waals surface area contributed by atoms with E-state index in [1.54, 1.807) is 48.5 Å². The molecule has 0 atom stereocenters. The van der Waals surface area contributed by atoms with E-state index in [9.17, 15) is 14.9 Å². The topological polar surface area (TPSA) is 91.5 Å². The number of thioether (sulfide) groups is 1. The minimum absolute atomic E-state index is 0.208. The number of nitriles is 1. The average molecular weight is 518 g/mol. The Balaban J connectivity index is 1.55. The molecule has 0 unspecified atom stereocenters. The van der Waals surface area contributed by atoms with Gasteiger partial charge in [0.05, 0.1) is 16.5 Å². The molecule has 8 heteroatoms. The lowest BCUT2D eigenvalue weighted by molar-refractivity contribution is -0.115. The van der Waals surface area contributed by atoms with Gasteiger partial charge in [0, 0.05) is 21.2 Å². The number of carbonyl (C=O) groups is 2. The molecule has 0 spiro atoms. The Morgan fingerprint density at radius 2 is 1.88 bits per heavy atom. The number of nitrogens with zero attached hydrogens (tertiary/aromatic N) is 2. The lowest BCUT2D eigenvalue weighted by atomic mass is 10.1. The first-order valence-corrected chi connectivity index (χ1v) is 11.4. The first-order valence-electron chi connectivity index (χ1n) is 9.83. The van der Waals surface area contributed by atoms with Crippen molar-refractivity contribution in [2.75, 3.05) is 0 Å². The van der Waals surface area contributed by atoms with E-state index in [1.165, 1.54) is 0 Å². The maximum atomic E-state index is 12.5. The van der Waals surface area contributed by atoms with Crippen molar-refractivity contribution in [1.29, 1.82) is 5.26 Å². The Labute approximate surface area is 203 Å². The zero-order valence-corrected chi connectivity index (χ0v) is 19.5. The van der Waals surface area contributed by atoms with Gasteiger partial charge in [0.25, 0.3) is 11.8 Å². The molecule has 0 saturated carbocycles. The third kappa shape index (κ3) is 5.58. The molecule has 4 rings (SSSR count). The summed E-state index contributed by atoms with van der Waals surface area (Å²) in [5.74, 6) is -0.222. The number of rotatable bonds is 5. The van der Waals surface area contributed by atoms with Gasteiger partial charge in [-0.1, -0.05) is 52.3 Å². The van der Waals surface area contributed by atoms with E-state index in [0.717, 1.165) is 21.8 Å². The van der Waals surface area contributed by atoms with Crippen molar-refractivity contribution in [3.63, 3.8) is 0 Å². The molecule has 162 valence electrons. The molecule has 1 N–H and O–H groups in total. The lowest BCUT2D eigenvalue weighted by Gasteiger charge is -2.11. The van der Waals surface area contributed by atoms with Crippen molar-refractivity contribution in [2.24, 2.45) is 4.99 Å². The van der Waals surface area contributed by atoms with E-state index in [-0.39, 0.29) is 17.7 Å². The Hall–Kier alpha value is -3.67. The molecule has 0 radical (unpaired) electrons. The van der Waals surface area contributed by atoms with Crippen LogP contribution in [0.5, 0.6) is 5.75 Å². The number of hydrogen-bond donors (Lipinski definition) is 1. The highest BCUT2D eigenvalue weighted by atomic mass is 79.9. The van der Waals surface area contributed by atoms with Crippen LogP contribution in [0.3, 0.4) is 0 Å². The molecular formula is C25H16BrN3O3S. The van der Waals surface area contributed by atoms with Crippen molar-refractivity contribution in [3.8, 4) is 11.8 Å². The number of benzene rings is 3. The average Bonchev–Trinajstić information content (AvgIpc) is 3.17. The molecule has 0 aliphatic carbocycles. The van der Waals surface area contributed by atoms with Crippen LogP contribution in [0.15, 0.2) is 87.2 Å². The van der Waals surface area contributed by atoms with Crippen LogP contribution in [0.25, 0.3) is 6.08 Å². The highest BCUT2D eigenvalue weighted by molar-refractivity contribution is 9.10. The number of amidine groups is 1. The molecule has 1 heterocycles. The van der Waals surface area contributed by atoms with Crippen LogP contribution in [0.4, 0.5) is 0 Å². The Morgan fingerprint density at radius 3 is 2.67 bits per heavy atom. The van der Waals surface area contributed by atoms with Gasteiger partial charge in [-0.15, -0.1) is 0 Å². The molecule has 1 aliphatic heterocycles. The number of ether oxygens (including phenoxy) is 1. The number of carbonyl (C=O) groups excluding carboxylic acids is 2. The molecule has 2 amide bonds. The third-order valence-electron chi connectivity index (χ3n) is 4.65. The SMILES string of the molecule is N#Cc1ccccc1COc1ccc(Br)cc1/C=C1\SC(=NC(=O)c2ccccc2)NC1=O. The van der Waals surface area contributed by atoms with E-state index in [4.69, 9.17) is 4.74 Å². The molecular weight excluding hydrogens is 502 g/mol. The second-order valence-corrected chi connectivity index (χ2v) is 8.84. The summed E-state index contributed by atoms with van der Waals surface area (Å²) in [7, 11) is 0. The van der Waals surface area contributed by atoms with Crippen molar-refractivity contribution < 1.29 is 14.3 Å². The van der Waals surface area contributed by atoms with Crippen LogP contribution < -0.4 is 10.1 Å². The number of aliphatic imine (C=N–C) groups is 1. The number of nitrogens with one attached hydrogen (secondary N) is 1. The molecule has 1 saturated heterocycles. The molecule has 0 bridgehead atoms. The zero-order chi connectivity index (χ0) is 23.2. The van der Waals surface area contributed by atoms with Gasteiger partial charge in [-0.3, -0.25) is 9.59 Å². The molecule has 0 aromatic heterocycles. The van der Waals surface area contributed by atoms with Crippen molar-refractivity contribution in [3.05, 3.63) is 104 Å². The van der Waals surface area contributed by atoms with Crippen LogP contribution in [0.1, 0.15) is 27.0 Å². The Bertz CT molecular complexity index is 1330. The summed E-state index contributed by atoms with van der Waals surface area (Å²) in [6, 6.07) is 23.5. The maximum Gasteiger partial charge on any atom is 0.279 e. The molecule has 6 nitrogen and oxygen atoms in total. The van der Waals surface area contributed by atoms with Crippen molar-refractivity contribution in [2.45, 2.75) is 6.61 Å². The van der Waals surface area contributed by atoms with E-state index in [1.807, 2.05) is 30.3 Å². The van der Waals surface area contributed by atoms with Crippen LogP contribution in [0, 0.1) is 11.3 Å². The second-order valence-electron chi connectivity index (χ2n) is 6.89. The fraction of sp³-hybridized carbons (Fsp3) is 0.0400. The van der Waals surface area contributed by atoms with Crippen LogP contribution in [0.2, 0.25) is 0 Å². The molecule has 3 aromatic carbocycles. The minimum Gasteiger partial charge on any atom is -0.488 e. The summed E-state index contributed by atoms with van der Waals surface area (Å²) >= 11 is 4.53. The number of halogens is 1. The first kappa shape index (κ1) is 22.5. The van der Waals surface area contributed by atoms with Gasteiger partial charge in [0.1, 0.15) is 12.4 Å². The van der Waals surface area contributed by atoms with Gasteiger partial charge in [-0.2, -0.15) is 10.3 Å². The summed E-state index contributed by atoms with van der Waals surface area (Å²) in [5, 5.41) is 12.1. The largest absolute Gasteiger partial charge is 0.488 e. The Morgan fingerprint density at radius 1 is 1.12 bits per heavy atom. The minimum atomic E-state index is -0.428. The highest BCUT2D eigenvalue weighted by Crippen LogP contribution is 2.32. The number of amides is 2. The van der Waals surface area contributed by atoms with Gasteiger partial charge in [-0.05, 0) is 54.2 Å². The van der Waals surface area contributed by atoms with Crippen LogP contribution >= 0.6 is 27.7 Å². The number of hydrogen-bond acceptors (Lipinski definition) is 5. The molecule has 3 aromatic rings. The monoisotopic (exact) mass is 517 g/mol. The summed E-state index contributed by atoms with van der Waals surface area (Å²) in [4.78, 5) is 29.2. The predicted octanol–water partition coefficient (Wildman–Crippen LogP) is 5.30. The van der Waals surface area contributed by atoms with E-state index in [0.29, 0.717) is 27.3 Å². The summed E-state index contributed by atoms with van der Waals surface area (Å²) < 4.78 is 6.79. The van der Waals surface area contributed by atoms with E-state index >= 15 is 0 Å². The van der Waals surface area contributed by atoms with Gasteiger partial charge >= 0.3 is 0 Å². The molecule has 1 fully saturated rings. The second kappa shape index (κ2) is 10.3. The van der Waals surface area contributed by atoms with Crippen LogP contribution in [-0.2, 0) is 11.4 Å². The lowest BCUT2D eigenvalue weighted by Crippen LogP contribution is -2.20. The molecule has 1 aliphatic rings. The van der Waals surface area contributed by atoms with Gasteiger partial charge in [0.2, 0.25) is 0 Å². The van der Waals surface area contributed by atoms with Gasteiger partial charge < -0.3 is 10.1 Å². The van der Waals surface area contributed by atoms with Crippen molar-refractivity contribution >= 4 is 50.7 Å². The summed E-state index contributed by atoms with van der Waals surface area (Å²) in [6.07, 6.45) is 1.69. The van der Waals surface area contributed by atoms with E-state index < -0.39 is 5.91 Å². The van der Waals surface area contributed by atoms with Crippen LogP contribution in [-0.4, -0.2) is 17.0 Å². The smallest absolute Gasteiger partial charge is 0.279 e. The summed E-state index contributed by atoms with van der Waals surface area (Å²) in [6.45, 7) is 0.208. The van der Waals surface area contributed by atoms with Gasteiger partial charge in [0.15, 0.2) is 5.17 Å². The fourth-order valence-corrected chi connectivity index (χ4v) is 4.22. The third-order valence-corrected chi connectivity index (χ3v) is 6.06. The van der Waals surface area contributed by atoms with Crippen molar-refractivity contribution in [1.82, 2.24) is 5.32 Å². The van der Waals surface area contributed by atoms with E-state index in [2.05, 4.69) is 32.3 Å². The highest BCUT2D eigenvalue weighted by Gasteiger charge is 2.25. The predicted molar refractivity (Wildman–Crippen MR) is 132 cm³/mol. The quantitative estimate of drug-likeness (QED) is 0.463. The molecule has 33 heavy (non-hydrogen) atoms. The summed E-state index contributed by atoms with van der Waals surface area (Å²) in [5.41, 5.74) is 2.43. The Kier molecular flexibility index (Phi) is 7.03. The zero-order valence-electron chi connectivity index (χ0n) is 17.1. The first-order chi connectivity index (χ1) is 16.0. The normalized spacial score (nSPS) is 15.3. The maximum absolute atomic E-state index is 12.5. The standard InChI is InChI=1S/C25H16BrN3O3S/c26-20-10-11-21(32-15-18-9-5-4-8-17(18)14-27)19(12-20)13-22-24(31)29-25(33-22)28-23(30)16-6-2-1-3-7-16/h1-13H,15H2,(H,28,29,30,31)/b22-13-. The van der Waals surface area contributed by atoms with Gasteiger partial charge in [-0.25, -0.2) is 0 Å². The fourth-order valence-electron chi connectivity index (χ4n) is 3.03.